The van der Waals surface area contributed by atoms with Crippen LogP contribution in [0.25, 0.3) is 0 Å². The van der Waals surface area contributed by atoms with Crippen LogP contribution >= 0.6 is 0 Å². The summed E-state index contributed by atoms with van der Waals surface area (Å²) in [6.07, 6.45) is 0.822. The van der Waals surface area contributed by atoms with E-state index in [1.54, 1.807) is 13.0 Å². The van der Waals surface area contributed by atoms with Crippen LogP contribution < -0.4 is 5.32 Å². The van der Waals surface area contributed by atoms with Gasteiger partial charge in [0.15, 0.2) is 6.10 Å². The van der Waals surface area contributed by atoms with Gasteiger partial charge in [-0.3, -0.25) is 14.4 Å². The summed E-state index contributed by atoms with van der Waals surface area (Å²) < 4.78 is 10.6. The Balaban J connectivity index is 2.20. The number of fused-ring (bicyclic) bond motifs is 1. The maximum atomic E-state index is 13.0. The van der Waals surface area contributed by atoms with Gasteiger partial charge in [0.25, 0.3) is 5.91 Å². The van der Waals surface area contributed by atoms with Crippen LogP contribution in [0, 0.1) is 11.3 Å². The van der Waals surface area contributed by atoms with Crippen LogP contribution in [-0.4, -0.2) is 30.6 Å². The smallest absolute Gasteiger partial charge is 0.319 e. The molecule has 3 rings (SSSR count). The second-order valence-electron chi connectivity index (χ2n) is 6.39. The molecule has 1 aromatic carbocycles. The van der Waals surface area contributed by atoms with E-state index in [1.165, 1.54) is 6.92 Å². The second-order valence-corrected chi connectivity index (χ2v) is 6.39. The van der Waals surface area contributed by atoms with Crippen LogP contribution in [0.15, 0.2) is 43.0 Å². The monoisotopic (exact) mass is 343 g/mol. The molecule has 0 aromatic heterocycles. The van der Waals surface area contributed by atoms with Crippen molar-refractivity contribution in [3.05, 3.63) is 48.6 Å². The van der Waals surface area contributed by atoms with Crippen molar-refractivity contribution in [3.8, 4) is 0 Å². The second kappa shape index (κ2) is 6.02. The number of rotatable bonds is 5. The highest BCUT2D eigenvalue weighted by molar-refractivity contribution is 5.99. The predicted octanol–water partition coefficient (Wildman–Crippen LogP) is 1.70. The fourth-order valence-corrected chi connectivity index (χ4v) is 4.30. The van der Waals surface area contributed by atoms with E-state index >= 15 is 0 Å². The zero-order valence-electron chi connectivity index (χ0n) is 14.3. The summed E-state index contributed by atoms with van der Waals surface area (Å²) >= 11 is 0. The Labute approximate surface area is 146 Å². The Morgan fingerprint density at radius 2 is 2.04 bits per heavy atom. The van der Waals surface area contributed by atoms with Crippen LogP contribution in [0.2, 0.25) is 0 Å². The first-order chi connectivity index (χ1) is 11.9. The van der Waals surface area contributed by atoms with Gasteiger partial charge >= 0.3 is 11.9 Å². The summed E-state index contributed by atoms with van der Waals surface area (Å²) in [7, 11) is 0. The van der Waals surface area contributed by atoms with Crippen molar-refractivity contribution in [2.45, 2.75) is 31.9 Å². The summed E-state index contributed by atoms with van der Waals surface area (Å²) in [5.41, 5.74) is -1.56. The molecule has 1 saturated heterocycles. The van der Waals surface area contributed by atoms with Gasteiger partial charge in [-0.1, -0.05) is 36.4 Å². The van der Waals surface area contributed by atoms with Crippen LogP contribution in [0.5, 0.6) is 0 Å². The number of amides is 1. The minimum atomic E-state index is -1.30. The lowest BCUT2D eigenvalue weighted by atomic mass is 9.46. The molecule has 1 N–H and O–H groups in total. The highest BCUT2D eigenvalue weighted by Gasteiger charge is 2.80. The standard InChI is InChI=1S/C19H21NO5/c1-4-13-11-18(17(23)24-5-2)15(25-12(3)21)16(22)20-19(13,18)14-9-7-6-8-10-14/h4,6-10,13,15H,1,5,11H2,2-3H3,(H,20,22)/t13-,15-,18+,19-/m0/s1. The van der Waals surface area contributed by atoms with Crippen molar-refractivity contribution in [2.24, 2.45) is 11.3 Å². The molecule has 1 aliphatic carbocycles. The molecule has 0 unspecified atom stereocenters. The summed E-state index contributed by atoms with van der Waals surface area (Å²) in [6, 6.07) is 9.22. The number of esters is 2. The third-order valence-corrected chi connectivity index (χ3v) is 5.24. The average molecular weight is 343 g/mol. The van der Waals surface area contributed by atoms with E-state index < -0.39 is 34.9 Å². The summed E-state index contributed by atoms with van der Waals surface area (Å²) in [6.45, 7) is 6.94. The Bertz CT molecular complexity index is 731. The van der Waals surface area contributed by atoms with E-state index in [1.807, 2.05) is 30.3 Å². The molecular weight excluding hydrogens is 322 g/mol. The zero-order chi connectivity index (χ0) is 18.2. The van der Waals surface area contributed by atoms with Crippen LogP contribution in [0.3, 0.4) is 0 Å². The fourth-order valence-electron chi connectivity index (χ4n) is 4.30. The number of ether oxygens (including phenoxy) is 2. The van der Waals surface area contributed by atoms with Crippen LogP contribution in [-0.2, 0) is 29.4 Å². The van der Waals surface area contributed by atoms with Crippen molar-refractivity contribution < 1.29 is 23.9 Å². The highest BCUT2D eigenvalue weighted by Crippen LogP contribution is 2.66. The third-order valence-electron chi connectivity index (χ3n) is 5.24. The predicted molar refractivity (Wildman–Crippen MR) is 89.2 cm³/mol. The topological polar surface area (TPSA) is 81.7 Å². The Kier molecular flexibility index (Phi) is 4.14. The highest BCUT2D eigenvalue weighted by atomic mass is 16.6. The molecule has 2 fully saturated rings. The van der Waals surface area contributed by atoms with Gasteiger partial charge in [0.05, 0.1) is 12.1 Å². The van der Waals surface area contributed by atoms with E-state index in [0.29, 0.717) is 6.42 Å². The largest absolute Gasteiger partial charge is 0.465 e. The molecule has 0 spiro atoms. The van der Waals surface area contributed by atoms with Gasteiger partial charge < -0.3 is 14.8 Å². The average Bonchev–Trinajstić information content (AvgIpc) is 2.76. The number of benzene rings is 1. The van der Waals surface area contributed by atoms with E-state index in [2.05, 4.69) is 11.9 Å². The van der Waals surface area contributed by atoms with E-state index in [0.717, 1.165) is 5.56 Å². The molecular formula is C19H21NO5. The van der Waals surface area contributed by atoms with Gasteiger partial charge in [0.1, 0.15) is 5.41 Å². The Morgan fingerprint density at radius 1 is 1.36 bits per heavy atom. The minimum absolute atomic E-state index is 0.172. The molecule has 0 bridgehead atoms. The minimum Gasteiger partial charge on any atom is -0.465 e. The number of hydrogen-bond acceptors (Lipinski definition) is 5. The van der Waals surface area contributed by atoms with Crippen LogP contribution in [0.4, 0.5) is 0 Å². The fraction of sp³-hybridized carbons (Fsp3) is 0.421. The van der Waals surface area contributed by atoms with E-state index in [9.17, 15) is 14.4 Å². The molecule has 1 aromatic rings. The Morgan fingerprint density at radius 3 is 2.60 bits per heavy atom. The lowest BCUT2D eigenvalue weighted by Crippen LogP contribution is -2.69. The first kappa shape index (κ1) is 17.2. The maximum Gasteiger partial charge on any atom is 0.319 e. The number of hydrogen-bond donors (Lipinski definition) is 1. The molecule has 6 nitrogen and oxygen atoms in total. The summed E-state index contributed by atoms with van der Waals surface area (Å²) in [5.74, 6) is -1.82. The van der Waals surface area contributed by atoms with Crippen LogP contribution in [0.1, 0.15) is 25.8 Å². The van der Waals surface area contributed by atoms with Gasteiger partial charge in [0.2, 0.25) is 0 Å². The number of carbonyl (C=O) groups excluding carboxylic acids is 3. The van der Waals surface area contributed by atoms with Crippen molar-refractivity contribution in [1.29, 1.82) is 0 Å². The van der Waals surface area contributed by atoms with E-state index in [-0.39, 0.29) is 12.5 Å². The Hall–Kier alpha value is -2.63. The molecule has 1 heterocycles. The normalized spacial score (nSPS) is 32.8. The molecule has 1 saturated carbocycles. The van der Waals surface area contributed by atoms with Crippen molar-refractivity contribution in [2.75, 3.05) is 6.61 Å². The molecule has 2 aliphatic rings. The molecule has 132 valence electrons. The van der Waals surface area contributed by atoms with Gasteiger partial charge in [-0.15, -0.1) is 6.58 Å². The van der Waals surface area contributed by atoms with Crippen molar-refractivity contribution in [3.63, 3.8) is 0 Å². The van der Waals surface area contributed by atoms with Crippen molar-refractivity contribution >= 4 is 17.8 Å². The zero-order valence-corrected chi connectivity index (χ0v) is 14.3. The molecule has 4 atom stereocenters. The first-order valence-corrected chi connectivity index (χ1v) is 8.28. The maximum absolute atomic E-state index is 13.0. The van der Waals surface area contributed by atoms with Gasteiger partial charge in [-0.25, -0.2) is 0 Å². The van der Waals surface area contributed by atoms with Gasteiger partial charge in [-0.05, 0) is 18.9 Å². The molecule has 1 amide bonds. The SMILES string of the molecule is C=C[C@H]1C[C@]2(C(=O)OCC)[C@@H](OC(C)=O)C(=O)N[C@]12c1ccccc1. The van der Waals surface area contributed by atoms with E-state index in [4.69, 9.17) is 9.47 Å². The quantitative estimate of drug-likeness (QED) is 0.650. The number of nitrogens with one attached hydrogen (secondary N) is 1. The van der Waals surface area contributed by atoms with Crippen molar-refractivity contribution in [1.82, 2.24) is 5.32 Å². The molecule has 6 heteroatoms. The molecule has 25 heavy (non-hydrogen) atoms. The first-order valence-electron chi connectivity index (χ1n) is 8.28. The van der Waals surface area contributed by atoms with Gasteiger partial charge in [-0.2, -0.15) is 0 Å². The lowest BCUT2D eigenvalue weighted by Gasteiger charge is -2.58. The number of carbonyl (C=O) groups is 3. The van der Waals surface area contributed by atoms with Gasteiger partial charge in [0, 0.05) is 12.8 Å². The molecule has 0 radical (unpaired) electrons. The molecule has 1 aliphatic heterocycles. The summed E-state index contributed by atoms with van der Waals surface area (Å²) in [5, 5.41) is 2.93. The summed E-state index contributed by atoms with van der Waals surface area (Å²) in [4.78, 5) is 37.2. The third kappa shape index (κ3) is 2.13. The lowest BCUT2D eigenvalue weighted by molar-refractivity contribution is -0.194.